The lowest BCUT2D eigenvalue weighted by Crippen LogP contribution is -2.55. The Morgan fingerprint density at radius 3 is 2.69 bits per heavy atom. The van der Waals surface area contributed by atoms with E-state index >= 15 is 0 Å². The molecule has 0 aromatic carbocycles. The highest BCUT2D eigenvalue weighted by atomic mass is 35.5. The van der Waals surface area contributed by atoms with E-state index in [2.05, 4.69) is 20.2 Å². The van der Waals surface area contributed by atoms with E-state index in [0.29, 0.717) is 18.1 Å². The van der Waals surface area contributed by atoms with Crippen LogP contribution in [0.5, 0.6) is 0 Å². The summed E-state index contributed by atoms with van der Waals surface area (Å²) in [5.41, 5.74) is 0. The van der Waals surface area contributed by atoms with Crippen LogP contribution >= 0.6 is 24.8 Å². The number of nitrogens with zero attached hydrogens (tertiary/aromatic N) is 4. The molecule has 3 atom stereocenters. The second-order valence-corrected chi connectivity index (χ2v) is 6.86. The van der Waals surface area contributed by atoms with Crippen LogP contribution in [0.1, 0.15) is 19.3 Å². The fourth-order valence-electron chi connectivity index (χ4n) is 4.10. The van der Waals surface area contributed by atoms with E-state index in [-0.39, 0.29) is 30.7 Å². The average Bonchev–Trinajstić information content (AvgIpc) is 2.68. The van der Waals surface area contributed by atoms with E-state index in [1.54, 1.807) is 18.6 Å². The highest BCUT2D eigenvalue weighted by Gasteiger charge is 2.37. The Balaban J connectivity index is 0.00000121. The zero-order valence-electron chi connectivity index (χ0n) is 14.7. The van der Waals surface area contributed by atoms with Crippen molar-refractivity contribution in [3.63, 3.8) is 0 Å². The van der Waals surface area contributed by atoms with Gasteiger partial charge in [-0.25, -0.2) is 4.98 Å². The topological polar surface area (TPSA) is 70.6 Å². The number of amides is 1. The third kappa shape index (κ3) is 4.57. The van der Waals surface area contributed by atoms with Crippen LogP contribution in [0.4, 0.5) is 5.82 Å². The van der Waals surface area contributed by atoms with Crippen molar-refractivity contribution in [2.45, 2.75) is 31.4 Å². The minimum absolute atomic E-state index is 0. The van der Waals surface area contributed by atoms with Crippen LogP contribution in [0.2, 0.25) is 0 Å². The van der Waals surface area contributed by atoms with Crippen molar-refractivity contribution in [2.75, 3.05) is 44.2 Å². The Bertz CT molecular complexity index is 572. The van der Waals surface area contributed by atoms with Crippen LogP contribution in [0.3, 0.4) is 0 Å². The third-order valence-corrected chi connectivity index (χ3v) is 5.44. The van der Waals surface area contributed by atoms with Gasteiger partial charge in [0.25, 0.3) is 0 Å². The van der Waals surface area contributed by atoms with E-state index in [9.17, 15) is 4.79 Å². The lowest BCUT2D eigenvalue weighted by Gasteiger charge is -2.42. The number of carbonyl (C=O) groups is 1. The Labute approximate surface area is 166 Å². The standard InChI is InChI=1S/C17H25N5O2.2ClH/c23-17(13-1-2-15-14(11-13)19-5-10-24-15)22-8-6-21(7-9-22)16-12-18-3-4-20-16;;/h3-4,12-15,19H,1-2,5-11H2;2*1H/t13-,14+,15+;;/m0../s1. The Hall–Kier alpha value is -1.15. The molecule has 4 rings (SSSR count). The Morgan fingerprint density at radius 1 is 1.15 bits per heavy atom. The normalized spacial score (nSPS) is 28.4. The predicted octanol–water partition coefficient (Wildman–Crippen LogP) is 1.13. The van der Waals surface area contributed by atoms with E-state index in [1.165, 1.54) is 0 Å². The van der Waals surface area contributed by atoms with Crippen LogP contribution in [0.25, 0.3) is 0 Å². The van der Waals surface area contributed by atoms with Crippen molar-refractivity contribution in [2.24, 2.45) is 5.92 Å². The second kappa shape index (κ2) is 9.69. The van der Waals surface area contributed by atoms with E-state index < -0.39 is 0 Å². The number of hydrogen-bond acceptors (Lipinski definition) is 6. The number of rotatable bonds is 2. The summed E-state index contributed by atoms with van der Waals surface area (Å²) in [5.74, 6) is 1.36. The molecule has 7 nitrogen and oxygen atoms in total. The summed E-state index contributed by atoms with van der Waals surface area (Å²) in [6.45, 7) is 4.88. The number of hydrogen-bond donors (Lipinski definition) is 1. The molecule has 0 bridgehead atoms. The zero-order chi connectivity index (χ0) is 16.4. The fraction of sp³-hybridized carbons (Fsp3) is 0.706. The maximum atomic E-state index is 12.9. The molecule has 3 fully saturated rings. The number of fused-ring (bicyclic) bond motifs is 1. The summed E-state index contributed by atoms with van der Waals surface area (Å²) < 4.78 is 5.81. The van der Waals surface area contributed by atoms with Gasteiger partial charge in [0, 0.05) is 57.1 Å². The number of nitrogens with one attached hydrogen (secondary N) is 1. The molecule has 0 unspecified atom stereocenters. The molecule has 0 spiro atoms. The number of morpholine rings is 1. The molecule has 2 saturated heterocycles. The van der Waals surface area contributed by atoms with Gasteiger partial charge in [-0.2, -0.15) is 0 Å². The molecule has 1 amide bonds. The van der Waals surface area contributed by atoms with Gasteiger partial charge in [-0.05, 0) is 19.3 Å². The minimum atomic E-state index is 0. The minimum Gasteiger partial charge on any atom is -0.375 e. The van der Waals surface area contributed by atoms with Crippen molar-refractivity contribution < 1.29 is 9.53 Å². The van der Waals surface area contributed by atoms with Crippen LogP contribution in [-0.4, -0.2) is 72.3 Å². The summed E-state index contributed by atoms with van der Waals surface area (Å²) in [6, 6.07) is 0.349. The number of piperazine rings is 1. The summed E-state index contributed by atoms with van der Waals surface area (Å²) in [6.07, 6.45) is 8.34. The summed E-state index contributed by atoms with van der Waals surface area (Å²) in [5, 5.41) is 3.52. The van der Waals surface area contributed by atoms with E-state index in [0.717, 1.165) is 64.4 Å². The van der Waals surface area contributed by atoms with Crippen molar-refractivity contribution in [1.82, 2.24) is 20.2 Å². The highest BCUT2D eigenvalue weighted by molar-refractivity contribution is 5.85. The molecule has 1 saturated carbocycles. The van der Waals surface area contributed by atoms with E-state index in [4.69, 9.17) is 4.74 Å². The van der Waals surface area contributed by atoms with Gasteiger partial charge in [0.15, 0.2) is 0 Å². The van der Waals surface area contributed by atoms with Crippen LogP contribution < -0.4 is 10.2 Å². The first-order valence-electron chi connectivity index (χ1n) is 8.96. The van der Waals surface area contributed by atoms with Crippen LogP contribution in [0.15, 0.2) is 18.6 Å². The number of aromatic nitrogens is 2. The number of anilines is 1. The van der Waals surface area contributed by atoms with Gasteiger partial charge in [0.2, 0.25) is 5.91 Å². The maximum Gasteiger partial charge on any atom is 0.225 e. The van der Waals surface area contributed by atoms with Crippen molar-refractivity contribution in [3.8, 4) is 0 Å². The molecule has 3 heterocycles. The average molecular weight is 404 g/mol. The molecule has 1 aromatic heterocycles. The maximum absolute atomic E-state index is 12.9. The van der Waals surface area contributed by atoms with Crippen LogP contribution in [-0.2, 0) is 9.53 Å². The van der Waals surface area contributed by atoms with Crippen LogP contribution in [0, 0.1) is 5.92 Å². The highest BCUT2D eigenvalue weighted by Crippen LogP contribution is 2.30. The first kappa shape index (κ1) is 21.2. The molecule has 1 N–H and O–H groups in total. The monoisotopic (exact) mass is 403 g/mol. The molecule has 1 aromatic rings. The quantitative estimate of drug-likeness (QED) is 0.797. The summed E-state index contributed by atoms with van der Waals surface area (Å²) in [7, 11) is 0. The van der Waals surface area contributed by atoms with Crippen molar-refractivity contribution >= 4 is 36.5 Å². The van der Waals surface area contributed by atoms with Crippen molar-refractivity contribution in [3.05, 3.63) is 18.6 Å². The molecule has 1 aliphatic carbocycles. The molecule has 2 aliphatic heterocycles. The van der Waals surface area contributed by atoms with E-state index in [1.807, 2.05) is 4.90 Å². The third-order valence-electron chi connectivity index (χ3n) is 5.44. The fourth-order valence-corrected chi connectivity index (χ4v) is 4.10. The SMILES string of the molecule is Cl.Cl.O=C([C@H]1CC[C@H]2OCCN[C@@H]2C1)N1CCN(c2cnccn2)CC1. The van der Waals surface area contributed by atoms with Gasteiger partial charge in [-0.3, -0.25) is 9.78 Å². The summed E-state index contributed by atoms with van der Waals surface area (Å²) in [4.78, 5) is 25.6. The Kier molecular flexibility index (Phi) is 7.88. The van der Waals surface area contributed by atoms with Gasteiger partial charge in [-0.1, -0.05) is 0 Å². The Morgan fingerprint density at radius 2 is 1.96 bits per heavy atom. The lowest BCUT2D eigenvalue weighted by molar-refractivity contribution is -0.139. The first-order chi connectivity index (χ1) is 11.8. The number of halogens is 2. The second-order valence-electron chi connectivity index (χ2n) is 6.86. The smallest absolute Gasteiger partial charge is 0.225 e. The molecule has 3 aliphatic rings. The molecule has 26 heavy (non-hydrogen) atoms. The number of carbonyl (C=O) groups excluding carboxylic acids is 1. The van der Waals surface area contributed by atoms with Gasteiger partial charge in [-0.15, -0.1) is 24.8 Å². The first-order valence-corrected chi connectivity index (χ1v) is 8.96. The molecular formula is C17H27Cl2N5O2. The largest absolute Gasteiger partial charge is 0.375 e. The summed E-state index contributed by atoms with van der Waals surface area (Å²) >= 11 is 0. The molecule has 0 radical (unpaired) electrons. The van der Waals surface area contributed by atoms with Gasteiger partial charge in [0.1, 0.15) is 5.82 Å². The molecule has 9 heteroatoms. The predicted molar refractivity (Wildman–Crippen MR) is 104 cm³/mol. The molecular weight excluding hydrogens is 377 g/mol. The van der Waals surface area contributed by atoms with Gasteiger partial charge >= 0.3 is 0 Å². The number of ether oxygens (including phenoxy) is 1. The lowest BCUT2D eigenvalue weighted by atomic mass is 9.82. The molecule has 146 valence electrons. The van der Waals surface area contributed by atoms with Crippen molar-refractivity contribution in [1.29, 1.82) is 0 Å². The zero-order valence-corrected chi connectivity index (χ0v) is 16.4. The van der Waals surface area contributed by atoms with Gasteiger partial charge < -0.3 is 19.9 Å². The van der Waals surface area contributed by atoms with Gasteiger partial charge in [0.05, 0.1) is 18.9 Å².